The van der Waals surface area contributed by atoms with Crippen LogP contribution in [0.1, 0.15) is 24.8 Å². The van der Waals surface area contributed by atoms with Crippen LogP contribution in [0.2, 0.25) is 0 Å². The predicted molar refractivity (Wildman–Crippen MR) is 56.9 cm³/mol. The molecule has 0 unspecified atom stereocenters. The lowest BCUT2D eigenvalue weighted by atomic mass is 10.3. The van der Waals surface area contributed by atoms with E-state index in [-0.39, 0.29) is 0 Å². The smallest absolute Gasteiger partial charge is 0.0635 e. The SMILES string of the molecule is Cn1cc(CN(CCC#N)C2CC2)cn1. The average Bonchev–Trinajstić information content (AvgIpc) is 2.98. The van der Waals surface area contributed by atoms with E-state index in [0.717, 1.165) is 13.1 Å². The first-order chi connectivity index (χ1) is 7.29. The molecule has 0 atom stereocenters. The van der Waals surface area contributed by atoms with Crippen molar-refractivity contribution in [3.8, 4) is 6.07 Å². The van der Waals surface area contributed by atoms with Gasteiger partial charge in [-0.1, -0.05) is 0 Å². The second kappa shape index (κ2) is 4.45. The van der Waals surface area contributed by atoms with Crippen LogP contribution in [0.4, 0.5) is 0 Å². The highest BCUT2D eigenvalue weighted by molar-refractivity contribution is 5.04. The van der Waals surface area contributed by atoms with Gasteiger partial charge >= 0.3 is 0 Å². The van der Waals surface area contributed by atoms with Gasteiger partial charge in [-0.2, -0.15) is 10.4 Å². The first-order valence-corrected chi connectivity index (χ1v) is 5.38. The van der Waals surface area contributed by atoms with Crippen molar-refractivity contribution in [1.29, 1.82) is 5.26 Å². The first-order valence-electron chi connectivity index (χ1n) is 5.38. The number of nitriles is 1. The standard InChI is InChI=1S/C11H16N4/c1-14-8-10(7-13-14)9-15(6-2-5-12)11-3-4-11/h7-8,11H,2-4,6,9H2,1H3. The molecule has 1 heterocycles. The molecule has 1 aliphatic rings. The molecular weight excluding hydrogens is 188 g/mol. The molecule has 0 radical (unpaired) electrons. The molecule has 0 N–H and O–H groups in total. The van der Waals surface area contributed by atoms with E-state index in [4.69, 9.17) is 5.26 Å². The van der Waals surface area contributed by atoms with Gasteiger partial charge in [0.2, 0.25) is 0 Å². The average molecular weight is 204 g/mol. The third kappa shape index (κ3) is 2.80. The molecule has 0 aliphatic heterocycles. The molecule has 1 aromatic rings. The Kier molecular flexibility index (Phi) is 3.02. The maximum absolute atomic E-state index is 8.59. The predicted octanol–water partition coefficient (Wildman–Crippen LogP) is 1.30. The molecule has 1 fully saturated rings. The van der Waals surface area contributed by atoms with Crippen LogP contribution in [0.5, 0.6) is 0 Å². The molecule has 4 heteroatoms. The Hall–Kier alpha value is -1.34. The molecule has 4 nitrogen and oxygen atoms in total. The maximum atomic E-state index is 8.59. The van der Waals surface area contributed by atoms with E-state index in [1.165, 1.54) is 18.4 Å². The summed E-state index contributed by atoms with van der Waals surface area (Å²) in [6, 6.07) is 2.92. The van der Waals surface area contributed by atoms with E-state index in [1.54, 1.807) is 0 Å². The fraction of sp³-hybridized carbons (Fsp3) is 0.636. The molecule has 80 valence electrons. The fourth-order valence-corrected chi connectivity index (χ4v) is 1.81. The van der Waals surface area contributed by atoms with Crippen molar-refractivity contribution in [3.05, 3.63) is 18.0 Å². The van der Waals surface area contributed by atoms with Gasteiger partial charge in [-0.3, -0.25) is 9.58 Å². The number of rotatable bonds is 5. The van der Waals surface area contributed by atoms with Gasteiger partial charge in [-0.15, -0.1) is 0 Å². The Bertz CT molecular complexity index is 359. The van der Waals surface area contributed by atoms with Crippen LogP contribution in [0.25, 0.3) is 0 Å². The summed E-state index contributed by atoms with van der Waals surface area (Å²) in [5, 5.41) is 12.7. The van der Waals surface area contributed by atoms with Gasteiger partial charge in [-0.25, -0.2) is 0 Å². The second-order valence-corrected chi connectivity index (χ2v) is 4.13. The van der Waals surface area contributed by atoms with Crippen LogP contribution in [-0.4, -0.2) is 27.3 Å². The summed E-state index contributed by atoms with van der Waals surface area (Å²) in [5.74, 6) is 0. The third-order valence-electron chi connectivity index (χ3n) is 2.72. The molecule has 1 aliphatic carbocycles. The lowest BCUT2D eigenvalue weighted by Crippen LogP contribution is -2.26. The van der Waals surface area contributed by atoms with Gasteiger partial charge in [0.1, 0.15) is 0 Å². The van der Waals surface area contributed by atoms with E-state index in [9.17, 15) is 0 Å². The minimum Gasteiger partial charge on any atom is -0.295 e. The molecule has 0 bridgehead atoms. The van der Waals surface area contributed by atoms with Gasteiger partial charge in [0.05, 0.1) is 12.3 Å². The van der Waals surface area contributed by atoms with Crippen LogP contribution in [-0.2, 0) is 13.6 Å². The van der Waals surface area contributed by atoms with Crippen LogP contribution in [0.3, 0.4) is 0 Å². The number of nitrogens with zero attached hydrogens (tertiary/aromatic N) is 4. The molecule has 15 heavy (non-hydrogen) atoms. The summed E-state index contributed by atoms with van der Waals surface area (Å²) in [7, 11) is 1.93. The molecule has 1 saturated carbocycles. The number of hydrogen-bond donors (Lipinski definition) is 0. The monoisotopic (exact) mass is 204 g/mol. The van der Waals surface area contributed by atoms with E-state index in [2.05, 4.69) is 16.1 Å². The maximum Gasteiger partial charge on any atom is 0.0635 e. The summed E-state index contributed by atoms with van der Waals surface area (Å²) < 4.78 is 1.82. The Balaban J connectivity index is 1.91. The lowest BCUT2D eigenvalue weighted by Gasteiger charge is -2.19. The van der Waals surface area contributed by atoms with E-state index in [1.807, 2.05) is 24.1 Å². The zero-order valence-electron chi connectivity index (χ0n) is 9.06. The van der Waals surface area contributed by atoms with Crippen molar-refractivity contribution in [2.75, 3.05) is 6.54 Å². The highest BCUT2D eigenvalue weighted by Crippen LogP contribution is 2.28. The lowest BCUT2D eigenvalue weighted by molar-refractivity contribution is 0.261. The fourth-order valence-electron chi connectivity index (χ4n) is 1.81. The van der Waals surface area contributed by atoms with Crippen LogP contribution in [0, 0.1) is 11.3 Å². The normalized spacial score (nSPS) is 15.5. The Morgan fingerprint density at radius 2 is 2.47 bits per heavy atom. The van der Waals surface area contributed by atoms with E-state index >= 15 is 0 Å². The third-order valence-corrected chi connectivity index (χ3v) is 2.72. The minimum atomic E-state index is 0.622. The van der Waals surface area contributed by atoms with Gasteiger partial charge in [0, 0.05) is 44.4 Å². The van der Waals surface area contributed by atoms with Gasteiger partial charge in [-0.05, 0) is 12.8 Å². The number of hydrogen-bond acceptors (Lipinski definition) is 3. The molecule has 0 saturated heterocycles. The largest absolute Gasteiger partial charge is 0.295 e. The van der Waals surface area contributed by atoms with Crippen molar-refractivity contribution in [2.24, 2.45) is 7.05 Å². The van der Waals surface area contributed by atoms with Gasteiger partial charge in [0.15, 0.2) is 0 Å². The topological polar surface area (TPSA) is 44.9 Å². The summed E-state index contributed by atoms with van der Waals surface area (Å²) in [4.78, 5) is 2.39. The summed E-state index contributed by atoms with van der Waals surface area (Å²) >= 11 is 0. The van der Waals surface area contributed by atoms with Crippen molar-refractivity contribution < 1.29 is 0 Å². The zero-order valence-corrected chi connectivity index (χ0v) is 9.06. The molecule has 0 spiro atoms. The first kappa shape index (κ1) is 10.2. The van der Waals surface area contributed by atoms with Crippen molar-refractivity contribution >= 4 is 0 Å². The minimum absolute atomic E-state index is 0.622. The highest BCUT2D eigenvalue weighted by Gasteiger charge is 2.28. The molecule has 0 amide bonds. The Morgan fingerprint density at radius 1 is 1.67 bits per heavy atom. The molecule has 1 aromatic heterocycles. The zero-order chi connectivity index (χ0) is 10.7. The van der Waals surface area contributed by atoms with Crippen molar-refractivity contribution in [1.82, 2.24) is 14.7 Å². The summed E-state index contributed by atoms with van der Waals surface area (Å²) in [5.41, 5.74) is 1.24. The Morgan fingerprint density at radius 3 is 3.00 bits per heavy atom. The van der Waals surface area contributed by atoms with Crippen LogP contribution in [0.15, 0.2) is 12.4 Å². The number of aromatic nitrogens is 2. The van der Waals surface area contributed by atoms with E-state index in [0.29, 0.717) is 12.5 Å². The highest BCUT2D eigenvalue weighted by atomic mass is 15.2. The molecule has 2 rings (SSSR count). The quantitative estimate of drug-likeness (QED) is 0.726. The molecule has 0 aromatic carbocycles. The van der Waals surface area contributed by atoms with Crippen LogP contribution < -0.4 is 0 Å². The van der Waals surface area contributed by atoms with Crippen molar-refractivity contribution in [3.63, 3.8) is 0 Å². The van der Waals surface area contributed by atoms with E-state index < -0.39 is 0 Å². The Labute approximate surface area is 90.1 Å². The van der Waals surface area contributed by atoms with Crippen molar-refractivity contribution in [2.45, 2.75) is 31.8 Å². The van der Waals surface area contributed by atoms with Crippen LogP contribution >= 0.6 is 0 Å². The summed E-state index contributed by atoms with van der Waals surface area (Å²) in [6.45, 7) is 1.82. The molecular formula is C11H16N4. The van der Waals surface area contributed by atoms with Gasteiger partial charge in [0.25, 0.3) is 0 Å². The van der Waals surface area contributed by atoms with Gasteiger partial charge < -0.3 is 0 Å². The second-order valence-electron chi connectivity index (χ2n) is 4.13. The summed E-state index contributed by atoms with van der Waals surface area (Å²) in [6.07, 6.45) is 7.14. The number of aryl methyl sites for hydroxylation is 1.